The van der Waals surface area contributed by atoms with Gasteiger partial charge in [-0.3, -0.25) is 4.79 Å². The van der Waals surface area contributed by atoms with Crippen LogP contribution in [0.4, 0.5) is 0 Å². The van der Waals surface area contributed by atoms with Crippen molar-refractivity contribution in [2.24, 2.45) is 0 Å². The van der Waals surface area contributed by atoms with E-state index in [0.717, 1.165) is 24.6 Å². The third kappa shape index (κ3) is 2.21. The fourth-order valence-electron chi connectivity index (χ4n) is 1.86. The van der Waals surface area contributed by atoms with Gasteiger partial charge in [0.2, 0.25) is 0 Å². The van der Waals surface area contributed by atoms with E-state index >= 15 is 0 Å². The molecule has 0 radical (unpaired) electrons. The number of rotatable bonds is 3. The van der Waals surface area contributed by atoms with Crippen molar-refractivity contribution >= 4 is 21.8 Å². The van der Waals surface area contributed by atoms with Crippen LogP contribution in [0.3, 0.4) is 0 Å². The highest BCUT2D eigenvalue weighted by Gasteiger charge is 2.37. The summed E-state index contributed by atoms with van der Waals surface area (Å²) in [6.07, 6.45) is 3.19. The van der Waals surface area contributed by atoms with Crippen molar-refractivity contribution in [3.05, 3.63) is 29.8 Å². The maximum absolute atomic E-state index is 11.9. The van der Waals surface area contributed by atoms with Crippen LogP contribution in [0.5, 0.6) is 5.75 Å². The van der Waals surface area contributed by atoms with Gasteiger partial charge in [-0.2, -0.15) is 0 Å². The van der Waals surface area contributed by atoms with Crippen molar-refractivity contribution in [2.45, 2.75) is 24.8 Å². The predicted octanol–water partition coefficient (Wildman–Crippen LogP) is 2.44. The molecule has 0 spiro atoms. The normalized spacial score (nSPS) is 17.6. The van der Waals surface area contributed by atoms with Gasteiger partial charge < -0.3 is 10.4 Å². The molecule has 86 valence electrons. The molecule has 0 aliphatic heterocycles. The summed E-state index contributed by atoms with van der Waals surface area (Å²) >= 11 is 3.43. The first kappa shape index (κ1) is 11.5. The van der Waals surface area contributed by atoms with Crippen molar-refractivity contribution in [1.82, 2.24) is 5.32 Å². The molecular weight excluding hydrogens is 270 g/mol. The fraction of sp³-hybridized carbons (Fsp3) is 0.417. The molecule has 2 rings (SSSR count). The van der Waals surface area contributed by atoms with Gasteiger partial charge in [0.15, 0.2) is 0 Å². The second-order valence-corrected chi connectivity index (χ2v) is 4.83. The van der Waals surface area contributed by atoms with Crippen molar-refractivity contribution in [3.63, 3.8) is 0 Å². The summed E-state index contributed by atoms with van der Waals surface area (Å²) < 4.78 is 0. The highest BCUT2D eigenvalue weighted by molar-refractivity contribution is 9.09. The molecule has 1 aliphatic carbocycles. The van der Waals surface area contributed by atoms with Crippen LogP contribution in [-0.4, -0.2) is 21.9 Å². The van der Waals surface area contributed by atoms with Gasteiger partial charge in [0.05, 0.1) is 5.54 Å². The lowest BCUT2D eigenvalue weighted by atomic mass is 9.78. The SMILES string of the molecule is O=C(NC1(CBr)CCC1)c1cccc(O)c1. The summed E-state index contributed by atoms with van der Waals surface area (Å²) in [5, 5.41) is 13.1. The number of hydrogen-bond acceptors (Lipinski definition) is 2. The van der Waals surface area contributed by atoms with E-state index in [1.54, 1.807) is 18.2 Å². The van der Waals surface area contributed by atoms with E-state index in [4.69, 9.17) is 0 Å². The number of carbonyl (C=O) groups is 1. The highest BCUT2D eigenvalue weighted by Crippen LogP contribution is 2.33. The van der Waals surface area contributed by atoms with E-state index in [1.807, 2.05) is 0 Å². The fourth-order valence-corrected chi connectivity index (χ4v) is 2.56. The number of carbonyl (C=O) groups excluding carboxylic acids is 1. The molecule has 1 aromatic rings. The Kier molecular flexibility index (Phi) is 3.19. The Morgan fingerprint density at radius 2 is 2.25 bits per heavy atom. The molecule has 0 saturated heterocycles. The first-order valence-electron chi connectivity index (χ1n) is 5.33. The highest BCUT2D eigenvalue weighted by atomic mass is 79.9. The van der Waals surface area contributed by atoms with Crippen LogP contribution in [-0.2, 0) is 0 Å². The van der Waals surface area contributed by atoms with Crippen LogP contribution in [0.15, 0.2) is 24.3 Å². The van der Waals surface area contributed by atoms with Crippen LogP contribution in [0.1, 0.15) is 29.6 Å². The van der Waals surface area contributed by atoms with Gasteiger partial charge >= 0.3 is 0 Å². The second-order valence-electron chi connectivity index (χ2n) is 4.27. The van der Waals surface area contributed by atoms with Gasteiger partial charge in [0.1, 0.15) is 5.75 Å². The van der Waals surface area contributed by atoms with Crippen molar-refractivity contribution < 1.29 is 9.90 Å². The smallest absolute Gasteiger partial charge is 0.251 e. The molecule has 0 heterocycles. The number of benzene rings is 1. The molecular formula is C12H14BrNO2. The number of aromatic hydroxyl groups is 1. The van der Waals surface area contributed by atoms with Crippen LogP contribution >= 0.6 is 15.9 Å². The van der Waals surface area contributed by atoms with E-state index < -0.39 is 0 Å². The van der Waals surface area contributed by atoms with Gasteiger partial charge in [-0.25, -0.2) is 0 Å². The summed E-state index contributed by atoms with van der Waals surface area (Å²) in [5.41, 5.74) is 0.426. The predicted molar refractivity (Wildman–Crippen MR) is 65.9 cm³/mol. The summed E-state index contributed by atoms with van der Waals surface area (Å²) in [7, 11) is 0. The number of phenolic OH excluding ortho intramolecular Hbond substituents is 1. The minimum Gasteiger partial charge on any atom is -0.508 e. The molecule has 1 saturated carbocycles. The van der Waals surface area contributed by atoms with Gasteiger partial charge in [-0.05, 0) is 37.5 Å². The molecule has 4 heteroatoms. The Morgan fingerprint density at radius 1 is 1.50 bits per heavy atom. The Hall–Kier alpha value is -1.03. The zero-order valence-electron chi connectivity index (χ0n) is 8.87. The Balaban J connectivity index is 2.08. The molecule has 0 unspecified atom stereocenters. The molecule has 1 fully saturated rings. The number of hydrogen-bond donors (Lipinski definition) is 2. The molecule has 0 bridgehead atoms. The first-order valence-corrected chi connectivity index (χ1v) is 6.45. The lowest BCUT2D eigenvalue weighted by Crippen LogP contribution is -2.54. The molecule has 1 aromatic carbocycles. The first-order chi connectivity index (χ1) is 7.65. The van der Waals surface area contributed by atoms with Gasteiger partial charge in [-0.1, -0.05) is 22.0 Å². The minimum absolute atomic E-state index is 0.0808. The number of alkyl halides is 1. The number of halogens is 1. The molecule has 1 aliphatic rings. The molecule has 16 heavy (non-hydrogen) atoms. The van der Waals surface area contributed by atoms with Crippen molar-refractivity contribution in [2.75, 3.05) is 5.33 Å². The number of nitrogens with one attached hydrogen (secondary N) is 1. The van der Waals surface area contributed by atoms with E-state index in [9.17, 15) is 9.90 Å². The summed E-state index contributed by atoms with van der Waals surface area (Å²) in [4.78, 5) is 11.9. The Morgan fingerprint density at radius 3 is 2.75 bits per heavy atom. The average Bonchev–Trinajstić information content (AvgIpc) is 2.23. The average molecular weight is 284 g/mol. The van der Waals surface area contributed by atoms with Crippen LogP contribution in [0, 0.1) is 0 Å². The number of amides is 1. The lowest BCUT2D eigenvalue weighted by Gasteiger charge is -2.41. The maximum atomic E-state index is 11.9. The van der Waals surface area contributed by atoms with Crippen molar-refractivity contribution in [3.8, 4) is 5.75 Å². The minimum atomic E-state index is -0.116. The van der Waals surface area contributed by atoms with E-state index in [2.05, 4.69) is 21.2 Å². The second kappa shape index (κ2) is 4.45. The molecule has 0 aromatic heterocycles. The van der Waals surface area contributed by atoms with Gasteiger partial charge in [-0.15, -0.1) is 0 Å². The molecule has 3 nitrogen and oxygen atoms in total. The quantitative estimate of drug-likeness (QED) is 0.838. The monoisotopic (exact) mass is 283 g/mol. The third-order valence-electron chi connectivity index (χ3n) is 3.05. The Labute approximate surface area is 103 Å². The summed E-state index contributed by atoms with van der Waals surface area (Å²) in [6, 6.07) is 6.41. The maximum Gasteiger partial charge on any atom is 0.251 e. The standard InChI is InChI=1S/C12H14BrNO2/c13-8-12(5-2-6-12)14-11(16)9-3-1-4-10(15)7-9/h1,3-4,7,15H,2,5-6,8H2,(H,14,16). The summed E-state index contributed by atoms with van der Waals surface area (Å²) in [5.74, 6) is 0.00389. The summed E-state index contributed by atoms with van der Waals surface area (Å²) in [6.45, 7) is 0. The molecule has 1 amide bonds. The molecule has 0 atom stereocenters. The van der Waals surface area contributed by atoms with Crippen molar-refractivity contribution in [1.29, 1.82) is 0 Å². The van der Waals surface area contributed by atoms with Gasteiger partial charge in [0.25, 0.3) is 5.91 Å². The van der Waals surface area contributed by atoms with E-state index in [1.165, 1.54) is 6.07 Å². The largest absolute Gasteiger partial charge is 0.508 e. The van der Waals surface area contributed by atoms with Crippen LogP contribution < -0.4 is 5.32 Å². The third-order valence-corrected chi connectivity index (χ3v) is 4.13. The lowest BCUT2D eigenvalue weighted by molar-refractivity contribution is 0.0856. The van der Waals surface area contributed by atoms with Crippen LogP contribution in [0.2, 0.25) is 0 Å². The van der Waals surface area contributed by atoms with Gasteiger partial charge in [0, 0.05) is 10.9 Å². The Bertz CT molecular complexity index is 396. The zero-order chi connectivity index (χ0) is 11.6. The van der Waals surface area contributed by atoms with E-state index in [0.29, 0.717) is 5.56 Å². The van der Waals surface area contributed by atoms with Crippen LogP contribution in [0.25, 0.3) is 0 Å². The topological polar surface area (TPSA) is 49.3 Å². The molecule has 2 N–H and O–H groups in total. The zero-order valence-corrected chi connectivity index (χ0v) is 10.5. The van der Waals surface area contributed by atoms with E-state index in [-0.39, 0.29) is 17.2 Å². The number of phenols is 1.